The summed E-state index contributed by atoms with van der Waals surface area (Å²) < 4.78 is 55.8. The lowest BCUT2D eigenvalue weighted by atomic mass is 10.1. The van der Waals surface area contributed by atoms with E-state index in [0.717, 1.165) is 6.26 Å². The lowest BCUT2D eigenvalue weighted by Gasteiger charge is -2.18. The van der Waals surface area contributed by atoms with E-state index in [4.69, 9.17) is 4.52 Å². The van der Waals surface area contributed by atoms with Gasteiger partial charge in [-0.15, -0.1) is 0 Å². The molecule has 0 aliphatic carbocycles. The first-order valence-corrected chi connectivity index (χ1v) is 10.3. The molecule has 7 nitrogen and oxygen atoms in total. The minimum absolute atomic E-state index is 0.0630. The number of sulfone groups is 1. The molecule has 0 unspecified atom stereocenters. The third-order valence-corrected chi connectivity index (χ3v) is 5.86. The standard InChI is InChI=1S/C14H18N2O5S2/c1-10-14(11(2)21-15-10)23(19,20)16-13(9-22(3,17)18)12-7-5-4-6-8-12/h4-8,13,16H,9H2,1-3H3/t13-/m0/s1. The molecule has 1 heterocycles. The molecule has 0 spiro atoms. The van der Waals surface area contributed by atoms with Gasteiger partial charge in [0.25, 0.3) is 0 Å². The molecule has 1 aromatic carbocycles. The highest BCUT2D eigenvalue weighted by molar-refractivity contribution is 7.91. The van der Waals surface area contributed by atoms with Crippen LogP contribution in [-0.2, 0) is 19.9 Å². The maximum Gasteiger partial charge on any atom is 0.246 e. The van der Waals surface area contributed by atoms with Gasteiger partial charge in [-0.2, -0.15) is 0 Å². The first kappa shape index (κ1) is 17.6. The molecule has 0 bridgehead atoms. The van der Waals surface area contributed by atoms with E-state index in [1.807, 2.05) is 0 Å². The third kappa shape index (κ3) is 4.40. The Morgan fingerprint density at radius 3 is 2.22 bits per heavy atom. The molecule has 0 aliphatic rings. The third-order valence-electron chi connectivity index (χ3n) is 3.21. The first-order valence-electron chi connectivity index (χ1n) is 6.78. The Balaban J connectivity index is 2.42. The van der Waals surface area contributed by atoms with Crippen LogP contribution in [0.2, 0.25) is 0 Å². The van der Waals surface area contributed by atoms with Crippen molar-refractivity contribution < 1.29 is 21.4 Å². The second kappa shape index (κ2) is 6.42. The number of benzene rings is 1. The topological polar surface area (TPSA) is 106 Å². The van der Waals surface area contributed by atoms with Crippen molar-refractivity contribution in [2.75, 3.05) is 12.0 Å². The van der Waals surface area contributed by atoms with Gasteiger partial charge in [-0.05, 0) is 19.4 Å². The van der Waals surface area contributed by atoms with Crippen molar-refractivity contribution >= 4 is 19.9 Å². The molecule has 1 N–H and O–H groups in total. The predicted molar refractivity (Wildman–Crippen MR) is 85.2 cm³/mol. The van der Waals surface area contributed by atoms with Crippen molar-refractivity contribution in [1.82, 2.24) is 9.88 Å². The van der Waals surface area contributed by atoms with Crippen LogP contribution in [0.15, 0.2) is 39.8 Å². The zero-order chi connectivity index (χ0) is 17.3. The monoisotopic (exact) mass is 358 g/mol. The molecule has 0 aliphatic heterocycles. The zero-order valence-electron chi connectivity index (χ0n) is 13.0. The summed E-state index contributed by atoms with van der Waals surface area (Å²) in [6.45, 7) is 3.00. The van der Waals surface area contributed by atoms with Gasteiger partial charge in [-0.25, -0.2) is 21.6 Å². The van der Waals surface area contributed by atoms with Crippen LogP contribution >= 0.6 is 0 Å². The molecule has 0 saturated heterocycles. The number of nitrogens with one attached hydrogen (secondary N) is 1. The Labute approximate surface area is 135 Å². The molecule has 0 amide bonds. The first-order chi connectivity index (χ1) is 10.6. The van der Waals surface area contributed by atoms with E-state index in [9.17, 15) is 16.8 Å². The van der Waals surface area contributed by atoms with Crippen molar-refractivity contribution in [3.05, 3.63) is 47.3 Å². The summed E-state index contributed by atoms with van der Waals surface area (Å²) in [4.78, 5) is -0.0630. The number of sulfonamides is 1. The van der Waals surface area contributed by atoms with E-state index in [1.165, 1.54) is 13.8 Å². The Morgan fingerprint density at radius 1 is 1.13 bits per heavy atom. The summed E-state index contributed by atoms with van der Waals surface area (Å²) >= 11 is 0. The summed E-state index contributed by atoms with van der Waals surface area (Å²) in [7, 11) is -7.37. The van der Waals surface area contributed by atoms with Crippen LogP contribution in [0.4, 0.5) is 0 Å². The molecule has 2 rings (SSSR count). The molecule has 9 heteroatoms. The average Bonchev–Trinajstić information content (AvgIpc) is 2.77. The average molecular weight is 358 g/mol. The molecule has 126 valence electrons. The van der Waals surface area contributed by atoms with Crippen LogP contribution in [0.25, 0.3) is 0 Å². The second-order valence-electron chi connectivity index (χ2n) is 5.33. The molecular formula is C14H18N2O5S2. The van der Waals surface area contributed by atoms with Crippen LogP contribution in [0.1, 0.15) is 23.1 Å². The van der Waals surface area contributed by atoms with E-state index >= 15 is 0 Å². The minimum atomic E-state index is -3.97. The van der Waals surface area contributed by atoms with Gasteiger partial charge in [0.1, 0.15) is 20.4 Å². The van der Waals surface area contributed by atoms with E-state index in [-0.39, 0.29) is 22.1 Å². The van der Waals surface area contributed by atoms with Crippen LogP contribution in [0.3, 0.4) is 0 Å². The maximum absolute atomic E-state index is 12.6. The van der Waals surface area contributed by atoms with Gasteiger partial charge in [0, 0.05) is 6.26 Å². The fourth-order valence-corrected chi connectivity index (χ4v) is 4.83. The Morgan fingerprint density at radius 2 is 1.74 bits per heavy atom. The van der Waals surface area contributed by atoms with Crippen molar-refractivity contribution in [3.8, 4) is 0 Å². The number of nitrogens with zero attached hydrogens (tertiary/aromatic N) is 1. The van der Waals surface area contributed by atoms with Crippen molar-refractivity contribution in [3.63, 3.8) is 0 Å². The summed E-state index contributed by atoms with van der Waals surface area (Å²) in [5.74, 6) is -0.194. The number of hydrogen-bond donors (Lipinski definition) is 1. The summed E-state index contributed by atoms with van der Waals surface area (Å²) in [5.41, 5.74) is 0.787. The van der Waals surface area contributed by atoms with Crippen molar-refractivity contribution in [2.45, 2.75) is 24.8 Å². The quantitative estimate of drug-likeness (QED) is 0.835. The maximum atomic E-state index is 12.6. The lowest BCUT2D eigenvalue weighted by Crippen LogP contribution is -2.33. The highest BCUT2D eigenvalue weighted by atomic mass is 32.2. The van der Waals surface area contributed by atoms with Crippen LogP contribution in [0, 0.1) is 13.8 Å². The SMILES string of the molecule is Cc1noc(C)c1S(=O)(=O)N[C@@H](CS(C)(=O)=O)c1ccccc1. The van der Waals surface area contributed by atoms with Gasteiger partial charge in [0.15, 0.2) is 5.76 Å². The van der Waals surface area contributed by atoms with Crippen LogP contribution in [-0.4, -0.2) is 34.0 Å². The highest BCUT2D eigenvalue weighted by Gasteiger charge is 2.29. The van der Waals surface area contributed by atoms with Crippen molar-refractivity contribution in [2.24, 2.45) is 0 Å². The molecule has 2 aromatic rings. The Kier molecular flexibility index (Phi) is 4.92. The summed E-state index contributed by atoms with van der Waals surface area (Å²) in [5, 5.41) is 3.62. The number of hydrogen-bond acceptors (Lipinski definition) is 6. The fourth-order valence-electron chi connectivity index (χ4n) is 2.29. The number of aryl methyl sites for hydroxylation is 2. The lowest BCUT2D eigenvalue weighted by molar-refractivity contribution is 0.390. The smallest absolute Gasteiger partial charge is 0.246 e. The normalized spacial score (nSPS) is 13.9. The summed E-state index contributed by atoms with van der Waals surface area (Å²) in [6, 6.07) is 7.65. The van der Waals surface area contributed by atoms with E-state index in [1.54, 1.807) is 30.3 Å². The number of aromatic nitrogens is 1. The molecule has 0 saturated carbocycles. The molecule has 23 heavy (non-hydrogen) atoms. The molecule has 0 fully saturated rings. The van der Waals surface area contributed by atoms with Gasteiger partial charge < -0.3 is 4.52 Å². The van der Waals surface area contributed by atoms with Crippen LogP contribution in [0.5, 0.6) is 0 Å². The predicted octanol–water partition coefficient (Wildman–Crippen LogP) is 1.36. The Bertz CT molecular complexity index is 867. The van der Waals surface area contributed by atoms with Gasteiger partial charge in [0.2, 0.25) is 10.0 Å². The highest BCUT2D eigenvalue weighted by Crippen LogP contribution is 2.23. The van der Waals surface area contributed by atoms with Gasteiger partial charge in [-0.1, -0.05) is 35.5 Å². The van der Waals surface area contributed by atoms with Gasteiger partial charge in [-0.3, -0.25) is 0 Å². The summed E-state index contributed by atoms with van der Waals surface area (Å²) in [6.07, 6.45) is 1.06. The molecular weight excluding hydrogens is 340 g/mol. The fraction of sp³-hybridized carbons (Fsp3) is 0.357. The van der Waals surface area contributed by atoms with Gasteiger partial charge in [0.05, 0.1) is 11.8 Å². The van der Waals surface area contributed by atoms with Crippen LogP contribution < -0.4 is 4.72 Å². The van der Waals surface area contributed by atoms with Crippen molar-refractivity contribution in [1.29, 1.82) is 0 Å². The van der Waals surface area contributed by atoms with Gasteiger partial charge >= 0.3 is 0 Å². The van der Waals surface area contributed by atoms with E-state index in [0.29, 0.717) is 5.56 Å². The van der Waals surface area contributed by atoms with E-state index < -0.39 is 25.9 Å². The van der Waals surface area contributed by atoms with E-state index in [2.05, 4.69) is 9.88 Å². The Hall–Kier alpha value is -1.71. The minimum Gasteiger partial charge on any atom is -0.360 e. The number of rotatable bonds is 6. The molecule has 1 aromatic heterocycles. The molecule has 1 atom stereocenters. The zero-order valence-corrected chi connectivity index (χ0v) is 14.6. The molecule has 0 radical (unpaired) electrons. The largest absolute Gasteiger partial charge is 0.360 e. The second-order valence-corrected chi connectivity index (χ2v) is 9.17.